The van der Waals surface area contributed by atoms with Crippen LogP contribution in [0.1, 0.15) is 31.8 Å². The molecule has 0 unspecified atom stereocenters. The molecule has 0 aliphatic rings. The molecule has 31 heavy (non-hydrogen) atoms. The molecular formula is C23H20IN3O4. The van der Waals surface area contributed by atoms with Gasteiger partial charge in [-0.05, 0) is 71.0 Å². The number of rotatable bonds is 6. The number of benzene rings is 3. The SMILES string of the molecule is COc1cc(/C=N/NC(=O)c2ccccc2NC(=O)c2ccccc2C)cc(I)c1O. The van der Waals surface area contributed by atoms with Crippen molar-refractivity contribution in [2.45, 2.75) is 6.92 Å². The lowest BCUT2D eigenvalue weighted by Crippen LogP contribution is -2.21. The molecule has 3 rings (SSSR count). The quantitative estimate of drug-likeness (QED) is 0.252. The van der Waals surface area contributed by atoms with Crippen LogP contribution in [0.3, 0.4) is 0 Å². The zero-order valence-corrected chi connectivity index (χ0v) is 19.0. The van der Waals surface area contributed by atoms with Gasteiger partial charge in [0.25, 0.3) is 11.8 Å². The highest BCUT2D eigenvalue weighted by atomic mass is 127. The van der Waals surface area contributed by atoms with E-state index in [1.54, 1.807) is 48.5 Å². The van der Waals surface area contributed by atoms with Crippen molar-refractivity contribution in [1.82, 2.24) is 5.43 Å². The van der Waals surface area contributed by atoms with Gasteiger partial charge >= 0.3 is 0 Å². The first kappa shape index (κ1) is 22.3. The van der Waals surface area contributed by atoms with Crippen LogP contribution in [0.15, 0.2) is 65.8 Å². The summed E-state index contributed by atoms with van der Waals surface area (Å²) in [5.41, 5.74) is 5.13. The zero-order valence-electron chi connectivity index (χ0n) is 16.8. The van der Waals surface area contributed by atoms with Crippen molar-refractivity contribution in [1.29, 1.82) is 0 Å². The first-order valence-electron chi connectivity index (χ1n) is 9.26. The summed E-state index contributed by atoms with van der Waals surface area (Å²) >= 11 is 1.98. The summed E-state index contributed by atoms with van der Waals surface area (Å²) in [6, 6.07) is 17.2. The van der Waals surface area contributed by atoms with Crippen LogP contribution in [0.2, 0.25) is 0 Å². The van der Waals surface area contributed by atoms with Gasteiger partial charge < -0.3 is 15.2 Å². The van der Waals surface area contributed by atoms with E-state index in [0.717, 1.165) is 5.56 Å². The Morgan fingerprint density at radius 2 is 1.71 bits per heavy atom. The summed E-state index contributed by atoms with van der Waals surface area (Å²) in [4.78, 5) is 25.3. The van der Waals surface area contributed by atoms with E-state index in [4.69, 9.17) is 4.74 Å². The summed E-state index contributed by atoms with van der Waals surface area (Å²) < 4.78 is 5.71. The Morgan fingerprint density at radius 3 is 2.42 bits per heavy atom. The van der Waals surface area contributed by atoms with Crippen molar-refractivity contribution in [3.8, 4) is 11.5 Å². The smallest absolute Gasteiger partial charge is 0.273 e. The predicted molar refractivity (Wildman–Crippen MR) is 128 cm³/mol. The molecule has 3 aromatic rings. The number of phenolic OH excluding ortho intramolecular Hbond substituents is 1. The molecule has 158 valence electrons. The van der Waals surface area contributed by atoms with Crippen molar-refractivity contribution >= 4 is 46.3 Å². The van der Waals surface area contributed by atoms with Crippen molar-refractivity contribution in [3.05, 3.63) is 86.5 Å². The second-order valence-corrected chi connectivity index (χ2v) is 7.73. The van der Waals surface area contributed by atoms with E-state index < -0.39 is 5.91 Å². The Balaban J connectivity index is 1.75. The minimum atomic E-state index is -0.475. The molecule has 3 N–H and O–H groups in total. The average Bonchev–Trinajstić information content (AvgIpc) is 2.76. The Morgan fingerprint density at radius 1 is 1.03 bits per heavy atom. The number of carbonyl (C=O) groups is 2. The monoisotopic (exact) mass is 529 g/mol. The largest absolute Gasteiger partial charge is 0.504 e. The van der Waals surface area contributed by atoms with Crippen molar-refractivity contribution in [2.24, 2.45) is 5.10 Å². The normalized spacial score (nSPS) is 10.7. The maximum absolute atomic E-state index is 12.6. The number of aromatic hydroxyl groups is 1. The van der Waals surface area contributed by atoms with Crippen LogP contribution >= 0.6 is 22.6 Å². The molecule has 0 aliphatic heterocycles. The molecule has 3 aromatic carbocycles. The fourth-order valence-electron chi connectivity index (χ4n) is 2.86. The lowest BCUT2D eigenvalue weighted by Gasteiger charge is -2.11. The van der Waals surface area contributed by atoms with Gasteiger partial charge in [0.2, 0.25) is 0 Å². The number of phenols is 1. The summed E-state index contributed by atoms with van der Waals surface area (Å²) in [7, 11) is 1.45. The molecule has 0 aliphatic carbocycles. The molecule has 0 heterocycles. The van der Waals surface area contributed by atoms with E-state index in [1.807, 2.05) is 41.6 Å². The maximum atomic E-state index is 12.6. The lowest BCUT2D eigenvalue weighted by molar-refractivity contribution is 0.0956. The summed E-state index contributed by atoms with van der Waals surface area (Å²) in [5, 5.41) is 16.7. The Labute approximate surface area is 193 Å². The number of methoxy groups -OCH3 is 1. The molecule has 0 bridgehead atoms. The number of hydrogen-bond acceptors (Lipinski definition) is 5. The summed E-state index contributed by atoms with van der Waals surface area (Å²) in [6.45, 7) is 1.85. The highest BCUT2D eigenvalue weighted by Gasteiger charge is 2.15. The number of para-hydroxylation sites is 1. The number of nitrogens with zero attached hydrogens (tertiary/aromatic N) is 1. The Kier molecular flexibility index (Phi) is 7.24. The number of nitrogens with one attached hydrogen (secondary N) is 2. The molecule has 8 heteroatoms. The zero-order chi connectivity index (χ0) is 22.4. The van der Waals surface area contributed by atoms with Gasteiger partial charge in [0.05, 0.1) is 28.1 Å². The van der Waals surface area contributed by atoms with Crippen LogP contribution in [0.4, 0.5) is 5.69 Å². The van der Waals surface area contributed by atoms with Crippen molar-refractivity contribution in [3.63, 3.8) is 0 Å². The van der Waals surface area contributed by atoms with Gasteiger partial charge in [-0.2, -0.15) is 5.10 Å². The van der Waals surface area contributed by atoms with Crippen molar-refractivity contribution in [2.75, 3.05) is 12.4 Å². The number of hydrogen-bond donors (Lipinski definition) is 3. The van der Waals surface area contributed by atoms with Crippen LogP contribution in [-0.4, -0.2) is 30.2 Å². The van der Waals surface area contributed by atoms with E-state index in [9.17, 15) is 14.7 Å². The van der Waals surface area contributed by atoms with Gasteiger partial charge in [-0.25, -0.2) is 5.43 Å². The fourth-order valence-corrected chi connectivity index (χ4v) is 3.48. The van der Waals surface area contributed by atoms with Crippen LogP contribution in [0, 0.1) is 10.5 Å². The minimum Gasteiger partial charge on any atom is -0.504 e. The highest BCUT2D eigenvalue weighted by molar-refractivity contribution is 14.1. The Hall–Kier alpha value is -3.40. The lowest BCUT2D eigenvalue weighted by atomic mass is 10.1. The van der Waals surface area contributed by atoms with E-state index in [1.165, 1.54) is 13.3 Å². The molecular weight excluding hydrogens is 509 g/mol. The number of anilines is 1. The highest BCUT2D eigenvalue weighted by Crippen LogP contribution is 2.31. The van der Waals surface area contributed by atoms with Gasteiger partial charge in [-0.1, -0.05) is 30.3 Å². The minimum absolute atomic E-state index is 0.0441. The molecule has 0 radical (unpaired) electrons. The Bertz CT molecular complexity index is 1160. The van der Waals surface area contributed by atoms with Gasteiger partial charge in [0.1, 0.15) is 0 Å². The number of carbonyl (C=O) groups excluding carboxylic acids is 2. The third-order valence-electron chi connectivity index (χ3n) is 4.46. The summed E-state index contributed by atoms with van der Waals surface area (Å²) in [5.74, 6) is -0.420. The molecule has 7 nitrogen and oxygen atoms in total. The molecule has 0 aromatic heterocycles. The molecule has 2 amide bonds. The third kappa shape index (κ3) is 5.40. The van der Waals surface area contributed by atoms with Gasteiger partial charge in [0.15, 0.2) is 11.5 Å². The van der Waals surface area contributed by atoms with Gasteiger partial charge in [-0.3, -0.25) is 9.59 Å². The topological polar surface area (TPSA) is 100 Å². The second-order valence-electron chi connectivity index (χ2n) is 6.57. The number of halogens is 1. The number of aryl methyl sites for hydroxylation is 1. The number of hydrazone groups is 1. The van der Waals surface area contributed by atoms with Crippen LogP contribution in [-0.2, 0) is 0 Å². The van der Waals surface area contributed by atoms with Crippen LogP contribution in [0.5, 0.6) is 11.5 Å². The molecule has 0 atom stereocenters. The van der Waals surface area contributed by atoms with E-state index in [2.05, 4.69) is 15.8 Å². The first-order valence-corrected chi connectivity index (χ1v) is 10.3. The van der Waals surface area contributed by atoms with E-state index in [0.29, 0.717) is 26.1 Å². The van der Waals surface area contributed by atoms with Crippen LogP contribution in [0.25, 0.3) is 0 Å². The second kappa shape index (κ2) is 10.1. The predicted octanol–water partition coefficient (Wildman–Crippen LogP) is 4.33. The van der Waals surface area contributed by atoms with Gasteiger partial charge in [-0.15, -0.1) is 0 Å². The molecule has 0 saturated heterocycles. The van der Waals surface area contributed by atoms with E-state index >= 15 is 0 Å². The fraction of sp³-hybridized carbons (Fsp3) is 0.0870. The standard InChI is InChI=1S/C23H20IN3O4/c1-14-7-3-4-8-16(14)22(29)26-19-10-6-5-9-17(19)23(30)27-25-13-15-11-18(24)21(28)20(12-15)31-2/h3-13,28H,1-2H3,(H,26,29)(H,27,30)/b25-13+. The number of ether oxygens (including phenoxy) is 1. The average molecular weight is 529 g/mol. The molecule has 0 fully saturated rings. The third-order valence-corrected chi connectivity index (χ3v) is 5.28. The maximum Gasteiger partial charge on any atom is 0.273 e. The molecule has 0 saturated carbocycles. The van der Waals surface area contributed by atoms with Gasteiger partial charge in [0, 0.05) is 5.56 Å². The van der Waals surface area contributed by atoms with E-state index in [-0.39, 0.29) is 17.2 Å². The number of amides is 2. The van der Waals surface area contributed by atoms with Crippen molar-refractivity contribution < 1.29 is 19.4 Å². The first-order chi connectivity index (χ1) is 14.9. The van der Waals surface area contributed by atoms with Crippen LogP contribution < -0.4 is 15.5 Å². The molecule has 0 spiro atoms. The summed E-state index contributed by atoms with van der Waals surface area (Å²) in [6.07, 6.45) is 1.44.